The molecule has 1 aromatic carbocycles. The largest absolute Gasteiger partial charge is 0.586 e. The van der Waals surface area contributed by atoms with E-state index in [9.17, 15) is 23.5 Å². The first-order valence-electron chi connectivity index (χ1n) is 11.5. The van der Waals surface area contributed by atoms with Crippen LogP contribution < -0.4 is 15.0 Å². The summed E-state index contributed by atoms with van der Waals surface area (Å²) in [5.41, 5.74) is 2.18. The van der Waals surface area contributed by atoms with Crippen LogP contribution in [-0.4, -0.2) is 26.7 Å². The Morgan fingerprint density at radius 2 is 1.88 bits per heavy atom. The van der Waals surface area contributed by atoms with Crippen molar-refractivity contribution in [3.8, 4) is 22.9 Å². The molecule has 2 aliphatic carbocycles. The third-order valence-corrected chi connectivity index (χ3v) is 7.88. The summed E-state index contributed by atoms with van der Waals surface area (Å²) in [6, 6.07) is 4.72. The lowest BCUT2D eigenvalue weighted by Crippen LogP contribution is -2.31. The normalized spacial score (nSPS) is 23.7. The Kier molecular flexibility index (Phi) is 3.67. The number of nitrogens with zero attached hydrogens (tertiary/aromatic N) is 2. The van der Waals surface area contributed by atoms with Crippen molar-refractivity contribution in [1.82, 2.24) is 9.55 Å². The molecule has 0 saturated heterocycles. The number of fused-ring (bicyclic) bond motifs is 6. The highest BCUT2D eigenvalue weighted by atomic mass is 19.3. The first-order chi connectivity index (χ1) is 16.2. The first-order valence-corrected chi connectivity index (χ1v) is 11.5. The Hall–Kier alpha value is -3.33. The summed E-state index contributed by atoms with van der Waals surface area (Å²) >= 11 is 0. The van der Waals surface area contributed by atoms with Gasteiger partial charge in [0, 0.05) is 34.6 Å². The average Bonchev–Trinajstić information content (AvgIpc) is 3.35. The number of ether oxygens (including phenoxy) is 2. The summed E-state index contributed by atoms with van der Waals surface area (Å²) in [4.78, 5) is 30.7. The van der Waals surface area contributed by atoms with Crippen molar-refractivity contribution in [2.45, 2.75) is 63.4 Å². The van der Waals surface area contributed by atoms with Crippen LogP contribution in [-0.2, 0) is 23.4 Å². The molecule has 1 fully saturated rings. The lowest BCUT2D eigenvalue weighted by molar-refractivity contribution is -0.286. The van der Waals surface area contributed by atoms with Gasteiger partial charge in [0.25, 0.3) is 5.56 Å². The van der Waals surface area contributed by atoms with Crippen molar-refractivity contribution in [1.29, 1.82) is 0 Å². The SMILES string of the molecule is CCC1(O)C(=O)Cc2c1cc1n(c2=O)Cc2c-1nc1cc3c(cc1c2C1CCC1)OC(F)(F)O3. The van der Waals surface area contributed by atoms with Crippen LogP contribution in [0.25, 0.3) is 22.3 Å². The summed E-state index contributed by atoms with van der Waals surface area (Å²) < 4.78 is 38.4. The molecule has 0 amide bonds. The van der Waals surface area contributed by atoms with E-state index in [0.717, 1.165) is 35.8 Å². The number of Topliss-reactive ketones (excluding diaryl/α,β-unsaturated/α-hetero) is 1. The third kappa shape index (κ3) is 2.40. The molecule has 1 N–H and O–H groups in total. The molecule has 0 bridgehead atoms. The van der Waals surface area contributed by atoms with E-state index in [1.54, 1.807) is 23.6 Å². The van der Waals surface area contributed by atoms with Crippen LogP contribution in [0.5, 0.6) is 11.5 Å². The molecule has 3 aromatic rings. The van der Waals surface area contributed by atoms with Crippen LogP contribution in [0.2, 0.25) is 0 Å². The Labute approximate surface area is 191 Å². The highest BCUT2D eigenvalue weighted by Crippen LogP contribution is 2.50. The summed E-state index contributed by atoms with van der Waals surface area (Å²) in [5, 5.41) is 11.7. The number of carbonyl (C=O) groups is 1. The molecule has 2 aromatic heterocycles. The van der Waals surface area contributed by atoms with Gasteiger partial charge in [-0.05, 0) is 42.9 Å². The van der Waals surface area contributed by atoms with E-state index >= 15 is 0 Å². The smallest absolute Gasteiger partial charge is 0.395 e. The molecule has 4 aliphatic rings. The number of hydrogen-bond donors (Lipinski definition) is 1. The molecule has 1 saturated carbocycles. The van der Waals surface area contributed by atoms with Crippen molar-refractivity contribution in [2.75, 3.05) is 0 Å². The number of halogens is 2. The van der Waals surface area contributed by atoms with Gasteiger partial charge in [0.15, 0.2) is 17.3 Å². The standard InChI is InChI=1S/C25H20F2N2O5/c1-2-24(32)15-8-17-22-14(10-29(17)23(31)12(15)7-20(24)30)21(11-4-3-5-11)13-6-18-19(9-16(13)28-22)34-25(26,27)33-18/h6,8-9,11,32H,2-5,7,10H2,1H3. The topological polar surface area (TPSA) is 90.7 Å². The fourth-order valence-corrected chi connectivity index (χ4v) is 5.89. The maximum absolute atomic E-state index is 13.7. The molecular weight excluding hydrogens is 446 g/mol. The van der Waals surface area contributed by atoms with E-state index in [2.05, 4.69) is 9.47 Å². The van der Waals surface area contributed by atoms with Crippen molar-refractivity contribution < 1.29 is 28.2 Å². The Balaban J connectivity index is 1.50. The number of hydrogen-bond acceptors (Lipinski definition) is 6. The van der Waals surface area contributed by atoms with Crippen molar-refractivity contribution >= 4 is 16.7 Å². The van der Waals surface area contributed by atoms with E-state index < -0.39 is 11.9 Å². The highest BCUT2D eigenvalue weighted by Gasteiger charge is 2.47. The molecule has 1 unspecified atom stereocenters. The fourth-order valence-electron chi connectivity index (χ4n) is 5.89. The Morgan fingerprint density at radius 3 is 2.56 bits per heavy atom. The number of rotatable bonds is 2. The predicted molar refractivity (Wildman–Crippen MR) is 116 cm³/mol. The molecule has 2 aliphatic heterocycles. The molecule has 7 rings (SSSR count). The highest BCUT2D eigenvalue weighted by molar-refractivity contribution is 5.96. The minimum absolute atomic E-state index is 0.0296. The second-order valence-electron chi connectivity index (χ2n) is 9.59. The summed E-state index contributed by atoms with van der Waals surface area (Å²) in [7, 11) is 0. The molecule has 7 nitrogen and oxygen atoms in total. The van der Waals surface area contributed by atoms with Crippen LogP contribution in [0.4, 0.5) is 8.78 Å². The summed E-state index contributed by atoms with van der Waals surface area (Å²) in [5.74, 6) is -0.259. The number of aromatic nitrogens is 2. The zero-order valence-corrected chi connectivity index (χ0v) is 18.3. The number of aliphatic hydroxyl groups is 1. The van der Waals surface area contributed by atoms with Gasteiger partial charge in [-0.25, -0.2) is 4.98 Å². The van der Waals surface area contributed by atoms with E-state index in [1.807, 2.05) is 0 Å². The van der Waals surface area contributed by atoms with E-state index in [1.165, 1.54) is 6.07 Å². The van der Waals surface area contributed by atoms with Crippen LogP contribution in [0.15, 0.2) is 23.0 Å². The number of alkyl halides is 2. The minimum Gasteiger partial charge on any atom is -0.395 e. The molecule has 174 valence electrons. The van der Waals surface area contributed by atoms with Crippen LogP contribution in [0.3, 0.4) is 0 Å². The Morgan fingerprint density at radius 1 is 1.15 bits per heavy atom. The lowest BCUT2D eigenvalue weighted by Gasteiger charge is -2.29. The van der Waals surface area contributed by atoms with Gasteiger partial charge in [-0.1, -0.05) is 13.3 Å². The summed E-state index contributed by atoms with van der Waals surface area (Å²) in [6.45, 7) is 2.00. The van der Waals surface area contributed by atoms with Gasteiger partial charge in [0.05, 0.1) is 23.4 Å². The maximum atomic E-state index is 13.7. The first kappa shape index (κ1) is 20.1. The molecule has 34 heavy (non-hydrogen) atoms. The zero-order chi connectivity index (χ0) is 23.6. The molecule has 9 heteroatoms. The van der Waals surface area contributed by atoms with E-state index in [-0.39, 0.29) is 48.1 Å². The van der Waals surface area contributed by atoms with Crippen LogP contribution >= 0.6 is 0 Å². The predicted octanol–water partition coefficient (Wildman–Crippen LogP) is 3.74. The van der Waals surface area contributed by atoms with Crippen molar-refractivity contribution in [2.24, 2.45) is 0 Å². The second-order valence-corrected chi connectivity index (χ2v) is 9.59. The van der Waals surface area contributed by atoms with Crippen molar-refractivity contribution in [3.63, 3.8) is 0 Å². The van der Waals surface area contributed by atoms with E-state index in [0.29, 0.717) is 28.0 Å². The van der Waals surface area contributed by atoms with Gasteiger partial charge in [-0.2, -0.15) is 0 Å². The van der Waals surface area contributed by atoms with Gasteiger partial charge in [-0.3, -0.25) is 9.59 Å². The number of ketones is 1. The molecule has 1 atom stereocenters. The molecule has 0 radical (unpaired) electrons. The number of benzene rings is 1. The van der Waals surface area contributed by atoms with Gasteiger partial charge < -0.3 is 19.1 Å². The monoisotopic (exact) mass is 466 g/mol. The zero-order valence-electron chi connectivity index (χ0n) is 18.3. The molecular formula is C25H20F2N2O5. The van der Waals surface area contributed by atoms with Gasteiger partial charge in [-0.15, -0.1) is 8.78 Å². The molecule has 0 spiro atoms. The van der Waals surface area contributed by atoms with Crippen molar-refractivity contribution in [3.05, 3.63) is 50.8 Å². The number of carbonyl (C=O) groups excluding carboxylic acids is 1. The summed E-state index contributed by atoms with van der Waals surface area (Å²) in [6.07, 6.45) is -0.653. The average molecular weight is 466 g/mol. The fraction of sp³-hybridized carbons (Fsp3) is 0.400. The number of pyridine rings is 2. The third-order valence-electron chi connectivity index (χ3n) is 7.88. The quantitative estimate of drug-likeness (QED) is 0.484. The second kappa shape index (κ2) is 6.21. The van der Waals surface area contributed by atoms with Crippen LogP contribution in [0, 0.1) is 0 Å². The molecule has 4 heterocycles. The van der Waals surface area contributed by atoms with Gasteiger partial charge in [0.1, 0.15) is 5.60 Å². The Bertz CT molecular complexity index is 1520. The minimum atomic E-state index is -3.73. The van der Waals surface area contributed by atoms with Gasteiger partial charge >= 0.3 is 6.29 Å². The lowest BCUT2D eigenvalue weighted by atomic mass is 9.76. The maximum Gasteiger partial charge on any atom is 0.586 e. The van der Waals surface area contributed by atoms with Crippen LogP contribution in [0.1, 0.15) is 60.8 Å². The van der Waals surface area contributed by atoms with Gasteiger partial charge in [0.2, 0.25) is 0 Å². The van der Waals surface area contributed by atoms with E-state index in [4.69, 9.17) is 4.98 Å².